The van der Waals surface area contributed by atoms with Crippen molar-refractivity contribution in [1.82, 2.24) is 19.6 Å². The van der Waals surface area contributed by atoms with Gasteiger partial charge in [-0.3, -0.25) is 4.79 Å². The smallest absolute Gasteiger partial charge is 0.475 e. The molecule has 3 rings (SSSR count). The molecule has 2 atom stereocenters. The summed E-state index contributed by atoms with van der Waals surface area (Å²) < 4.78 is 31.7. The Hall–Kier alpha value is -2.04. The van der Waals surface area contributed by atoms with Crippen LogP contribution in [0.2, 0.25) is 0 Å². The molecule has 1 aliphatic carbocycles. The second kappa shape index (κ2) is 8.84. The van der Waals surface area contributed by atoms with Gasteiger partial charge in [0, 0.05) is 54.4 Å². The van der Waals surface area contributed by atoms with Gasteiger partial charge in [0.05, 0.1) is 5.41 Å². The number of rotatable bonds is 1. The topological polar surface area (TPSA) is 84.4 Å². The number of carboxylic acid groups (broad SMARTS) is 1. The first-order valence-electron chi connectivity index (χ1n) is 10.3. The molecule has 2 aliphatic heterocycles. The van der Waals surface area contributed by atoms with Crippen LogP contribution in [0.5, 0.6) is 0 Å². The number of carbonyl (C=O) groups is 3. The number of carbonyl (C=O) groups excluding carboxylic acids is 2. The van der Waals surface area contributed by atoms with E-state index in [-0.39, 0.29) is 16.9 Å². The number of piperidine rings is 1. The summed E-state index contributed by atoms with van der Waals surface area (Å²) in [6.07, 6.45) is -0.878. The van der Waals surface area contributed by atoms with E-state index in [1.807, 2.05) is 33.1 Å². The number of nitrogens with zero attached hydrogens (tertiary/aromatic N) is 4. The van der Waals surface area contributed by atoms with E-state index in [0.717, 1.165) is 51.9 Å². The Morgan fingerprint density at radius 1 is 0.968 bits per heavy atom. The van der Waals surface area contributed by atoms with Crippen molar-refractivity contribution in [1.29, 1.82) is 0 Å². The van der Waals surface area contributed by atoms with Crippen LogP contribution in [0.3, 0.4) is 0 Å². The molecule has 178 valence electrons. The maximum absolute atomic E-state index is 13.0. The van der Waals surface area contributed by atoms with E-state index in [4.69, 9.17) is 9.90 Å². The van der Waals surface area contributed by atoms with Gasteiger partial charge in [0.1, 0.15) is 0 Å². The van der Waals surface area contributed by atoms with Gasteiger partial charge in [0.25, 0.3) is 0 Å². The quantitative estimate of drug-likeness (QED) is 0.659. The standard InChI is InChI=1S/C18H32N4O2.C2HF3O2/c1-19(2)15(23)18-7-6-17(14(18)12-21(5)13-18)8-10-22(11-9-17)16(24)20(3)4;3-2(4,5)1(6)7/h14H,6-13H2,1-5H3;(H,6,7)/t14-,18+;/m0./s1. The minimum atomic E-state index is -5.08. The van der Waals surface area contributed by atoms with E-state index in [9.17, 15) is 22.8 Å². The molecular formula is C20H33F3N4O4. The third kappa shape index (κ3) is 4.91. The number of fused-ring (bicyclic) bond motifs is 2. The SMILES string of the molecule is CN1C[C@H]2C3(CCN(C(=O)N(C)C)CC3)CC[C@@]2(C(=O)N(C)C)C1.O=C(O)C(F)(F)F. The monoisotopic (exact) mass is 450 g/mol. The zero-order valence-corrected chi connectivity index (χ0v) is 18.8. The number of amides is 3. The van der Waals surface area contributed by atoms with Gasteiger partial charge < -0.3 is 24.7 Å². The maximum Gasteiger partial charge on any atom is 0.490 e. The van der Waals surface area contributed by atoms with Crippen molar-refractivity contribution in [2.24, 2.45) is 16.7 Å². The van der Waals surface area contributed by atoms with Crippen molar-refractivity contribution in [3.05, 3.63) is 0 Å². The van der Waals surface area contributed by atoms with Crippen LogP contribution in [0, 0.1) is 16.7 Å². The number of alkyl halides is 3. The molecule has 2 saturated heterocycles. The van der Waals surface area contributed by atoms with Crippen LogP contribution in [0.15, 0.2) is 0 Å². The fourth-order valence-corrected chi connectivity index (χ4v) is 5.62. The molecule has 0 unspecified atom stereocenters. The molecule has 2 heterocycles. The Balaban J connectivity index is 0.000000423. The molecule has 3 amide bonds. The van der Waals surface area contributed by atoms with Crippen LogP contribution in [-0.2, 0) is 9.59 Å². The molecule has 0 radical (unpaired) electrons. The predicted molar refractivity (Wildman–Crippen MR) is 107 cm³/mol. The minimum absolute atomic E-state index is 0.113. The Morgan fingerprint density at radius 2 is 1.48 bits per heavy atom. The molecule has 0 aromatic heterocycles. The van der Waals surface area contributed by atoms with Crippen molar-refractivity contribution in [2.75, 3.05) is 61.4 Å². The maximum atomic E-state index is 13.0. The van der Waals surface area contributed by atoms with Crippen molar-refractivity contribution >= 4 is 17.9 Å². The lowest BCUT2D eigenvalue weighted by Gasteiger charge is -2.45. The van der Waals surface area contributed by atoms with E-state index in [2.05, 4.69) is 11.9 Å². The van der Waals surface area contributed by atoms with Crippen LogP contribution in [0.1, 0.15) is 25.7 Å². The Bertz CT molecular complexity index is 705. The van der Waals surface area contributed by atoms with Gasteiger partial charge in [-0.25, -0.2) is 9.59 Å². The molecule has 8 nitrogen and oxygen atoms in total. The van der Waals surface area contributed by atoms with Crippen molar-refractivity contribution in [2.45, 2.75) is 31.9 Å². The van der Waals surface area contributed by atoms with E-state index >= 15 is 0 Å². The lowest BCUT2D eigenvalue weighted by Crippen LogP contribution is -2.51. The molecule has 0 aromatic carbocycles. The molecule has 31 heavy (non-hydrogen) atoms. The summed E-state index contributed by atoms with van der Waals surface area (Å²) in [7, 11) is 9.54. The number of halogens is 3. The molecule has 3 fully saturated rings. The van der Waals surface area contributed by atoms with Gasteiger partial charge in [0.15, 0.2) is 0 Å². The van der Waals surface area contributed by atoms with Crippen molar-refractivity contribution in [3.8, 4) is 0 Å². The highest BCUT2D eigenvalue weighted by Crippen LogP contribution is 2.62. The lowest BCUT2D eigenvalue weighted by molar-refractivity contribution is -0.192. The van der Waals surface area contributed by atoms with Crippen LogP contribution < -0.4 is 0 Å². The molecule has 1 N–H and O–H groups in total. The zero-order chi connectivity index (χ0) is 23.8. The van der Waals surface area contributed by atoms with E-state index in [0.29, 0.717) is 11.8 Å². The van der Waals surface area contributed by atoms with Gasteiger partial charge in [0.2, 0.25) is 5.91 Å². The number of carboxylic acids is 1. The molecule has 1 spiro atoms. The molecular weight excluding hydrogens is 417 g/mol. The van der Waals surface area contributed by atoms with Gasteiger partial charge in [-0.2, -0.15) is 13.2 Å². The highest BCUT2D eigenvalue weighted by atomic mass is 19.4. The summed E-state index contributed by atoms with van der Waals surface area (Å²) in [4.78, 5) is 41.9. The van der Waals surface area contributed by atoms with Gasteiger partial charge >= 0.3 is 18.2 Å². The Labute approximate surface area is 180 Å². The van der Waals surface area contributed by atoms with Crippen LogP contribution >= 0.6 is 0 Å². The number of likely N-dealkylation sites (tertiary alicyclic amines) is 2. The first-order valence-corrected chi connectivity index (χ1v) is 10.3. The van der Waals surface area contributed by atoms with Crippen LogP contribution in [-0.4, -0.2) is 110 Å². The molecule has 1 saturated carbocycles. The fourth-order valence-electron chi connectivity index (χ4n) is 5.62. The summed E-state index contributed by atoms with van der Waals surface area (Å²) in [5.41, 5.74) is 0.0332. The van der Waals surface area contributed by atoms with Gasteiger partial charge in [-0.15, -0.1) is 0 Å². The highest BCUT2D eigenvalue weighted by Gasteiger charge is 2.64. The Morgan fingerprint density at radius 3 is 1.90 bits per heavy atom. The van der Waals surface area contributed by atoms with E-state index in [1.165, 1.54) is 0 Å². The van der Waals surface area contributed by atoms with Crippen molar-refractivity contribution < 1.29 is 32.7 Å². The highest BCUT2D eigenvalue weighted by molar-refractivity contribution is 5.84. The second-order valence-electron chi connectivity index (χ2n) is 9.43. The molecule has 0 bridgehead atoms. The summed E-state index contributed by atoms with van der Waals surface area (Å²) >= 11 is 0. The molecule has 0 aromatic rings. The largest absolute Gasteiger partial charge is 0.490 e. The molecule has 11 heteroatoms. The summed E-state index contributed by atoms with van der Waals surface area (Å²) in [6.45, 7) is 3.55. The fraction of sp³-hybridized carbons (Fsp3) is 0.850. The van der Waals surface area contributed by atoms with Crippen LogP contribution in [0.4, 0.5) is 18.0 Å². The third-order valence-corrected chi connectivity index (χ3v) is 7.01. The van der Waals surface area contributed by atoms with Gasteiger partial charge in [-0.05, 0) is 44.1 Å². The summed E-state index contributed by atoms with van der Waals surface area (Å²) in [5, 5.41) is 7.12. The lowest BCUT2D eigenvalue weighted by atomic mass is 9.65. The van der Waals surface area contributed by atoms with Crippen molar-refractivity contribution in [3.63, 3.8) is 0 Å². The van der Waals surface area contributed by atoms with Crippen LogP contribution in [0.25, 0.3) is 0 Å². The summed E-state index contributed by atoms with van der Waals surface area (Å²) in [5.74, 6) is -2.02. The first-order chi connectivity index (χ1) is 14.2. The zero-order valence-electron chi connectivity index (χ0n) is 18.8. The first kappa shape index (κ1) is 25.2. The average molecular weight is 451 g/mol. The number of hydrogen-bond donors (Lipinski definition) is 1. The normalized spacial score (nSPS) is 27.4. The van der Waals surface area contributed by atoms with E-state index in [1.54, 1.807) is 9.80 Å². The van der Waals surface area contributed by atoms with Gasteiger partial charge in [-0.1, -0.05) is 0 Å². The third-order valence-electron chi connectivity index (χ3n) is 7.01. The number of urea groups is 1. The second-order valence-corrected chi connectivity index (χ2v) is 9.43. The molecule has 3 aliphatic rings. The Kier molecular flexibility index (Phi) is 7.19. The number of hydrogen-bond acceptors (Lipinski definition) is 4. The minimum Gasteiger partial charge on any atom is -0.475 e. The average Bonchev–Trinajstić information content (AvgIpc) is 3.16. The summed E-state index contributed by atoms with van der Waals surface area (Å²) in [6, 6.07) is 0.113. The predicted octanol–water partition coefficient (Wildman–Crippen LogP) is 1.81. The number of aliphatic carboxylic acids is 1. The van der Waals surface area contributed by atoms with E-state index < -0.39 is 12.1 Å².